The molecule has 1 atom stereocenters. The summed E-state index contributed by atoms with van der Waals surface area (Å²) in [7, 11) is 0. The summed E-state index contributed by atoms with van der Waals surface area (Å²) in [6, 6.07) is 6.74. The normalized spacial score (nSPS) is 20.2. The first kappa shape index (κ1) is 16.9. The number of imide groups is 1. The van der Waals surface area contributed by atoms with Crippen LogP contribution in [0.25, 0.3) is 10.9 Å². The molecule has 0 unspecified atom stereocenters. The smallest absolute Gasteiger partial charge is 0.325 e. The number of carbonyl (C=O) groups excluding carboxylic acids is 2. The quantitative estimate of drug-likeness (QED) is 0.543. The molecule has 3 N–H and O–H groups in total. The average molecular weight is 343 g/mol. The summed E-state index contributed by atoms with van der Waals surface area (Å²) in [5, 5.41) is 6.29. The summed E-state index contributed by atoms with van der Waals surface area (Å²) >= 11 is 0. The van der Waals surface area contributed by atoms with Gasteiger partial charge in [0.1, 0.15) is 5.54 Å². The van der Waals surface area contributed by atoms with Crippen molar-refractivity contribution in [3.8, 4) is 0 Å². The summed E-state index contributed by atoms with van der Waals surface area (Å²) in [4.78, 5) is 44.5. The Hall–Kier alpha value is -2.90. The van der Waals surface area contributed by atoms with Gasteiger partial charge in [0.25, 0.3) is 11.5 Å². The largest absolute Gasteiger partial charge is 0.356 e. The van der Waals surface area contributed by atoms with E-state index in [0.29, 0.717) is 42.8 Å². The Bertz CT molecular complexity index is 878. The fourth-order valence-corrected chi connectivity index (χ4v) is 2.80. The maximum absolute atomic E-state index is 12.3. The first-order chi connectivity index (χ1) is 11.9. The number of benzene rings is 1. The van der Waals surface area contributed by atoms with Crippen LogP contribution in [0, 0.1) is 0 Å². The number of aromatic amines is 1. The van der Waals surface area contributed by atoms with E-state index >= 15 is 0 Å². The number of urea groups is 1. The van der Waals surface area contributed by atoms with Crippen LogP contribution in [-0.2, 0) is 4.79 Å². The Labute approximate surface area is 144 Å². The molecule has 1 fully saturated rings. The molecule has 132 valence electrons. The second-order valence-corrected chi connectivity index (χ2v) is 6.28. The molecule has 0 spiro atoms. The third-order valence-electron chi connectivity index (χ3n) is 4.52. The first-order valence-electron chi connectivity index (χ1n) is 8.31. The lowest BCUT2D eigenvalue weighted by Crippen LogP contribution is -2.43. The summed E-state index contributed by atoms with van der Waals surface area (Å²) < 4.78 is 0. The molecule has 1 saturated heterocycles. The molecule has 1 aliphatic heterocycles. The highest BCUT2D eigenvalue weighted by atomic mass is 16.2. The predicted octanol–water partition coefficient (Wildman–Crippen LogP) is 1.45. The number of amides is 3. The third kappa shape index (κ3) is 3.19. The number of nitrogens with zero attached hydrogens (tertiary/aromatic N) is 2. The number of aromatic nitrogens is 2. The van der Waals surface area contributed by atoms with E-state index in [1.54, 1.807) is 25.1 Å². The minimum absolute atomic E-state index is 0.197. The molecule has 3 rings (SSSR count). The van der Waals surface area contributed by atoms with E-state index in [1.165, 1.54) is 4.90 Å². The predicted molar refractivity (Wildman–Crippen MR) is 94.4 cm³/mol. The van der Waals surface area contributed by atoms with Crippen LogP contribution in [0.1, 0.15) is 26.7 Å². The number of anilines is 1. The van der Waals surface area contributed by atoms with Crippen LogP contribution in [0.15, 0.2) is 29.1 Å². The van der Waals surface area contributed by atoms with Crippen molar-refractivity contribution in [2.24, 2.45) is 0 Å². The molecular weight excluding hydrogens is 322 g/mol. The van der Waals surface area contributed by atoms with E-state index < -0.39 is 5.54 Å². The minimum atomic E-state index is -0.810. The Balaban J connectivity index is 1.58. The lowest BCUT2D eigenvalue weighted by atomic mass is 9.99. The monoisotopic (exact) mass is 343 g/mol. The highest BCUT2D eigenvalue weighted by molar-refractivity contribution is 6.06. The molecule has 1 aromatic carbocycles. The van der Waals surface area contributed by atoms with Gasteiger partial charge >= 0.3 is 6.03 Å². The van der Waals surface area contributed by atoms with Crippen LogP contribution in [0.5, 0.6) is 0 Å². The molecule has 1 aliphatic rings. The molecule has 0 saturated carbocycles. The van der Waals surface area contributed by atoms with Crippen LogP contribution in [0.2, 0.25) is 0 Å². The number of para-hydroxylation sites is 1. The standard InChI is InChI=1S/C17H21N5O3/c1-3-17(2)14(24)22(16(25)21-17)10-6-9-18-15-19-12-8-5-4-7-11(12)13(23)20-15/h4-5,7-8H,3,6,9-10H2,1-2H3,(H,21,25)(H2,18,19,20,23)/t17-/m1/s1. The van der Waals surface area contributed by atoms with Crippen molar-refractivity contribution in [1.82, 2.24) is 20.2 Å². The van der Waals surface area contributed by atoms with Gasteiger partial charge in [0, 0.05) is 13.1 Å². The summed E-state index contributed by atoms with van der Waals surface area (Å²) in [6.07, 6.45) is 1.10. The zero-order valence-corrected chi connectivity index (χ0v) is 14.3. The number of hydrogen-bond acceptors (Lipinski definition) is 5. The van der Waals surface area contributed by atoms with E-state index in [-0.39, 0.29) is 17.5 Å². The van der Waals surface area contributed by atoms with Crippen LogP contribution in [0.4, 0.5) is 10.7 Å². The molecule has 3 amide bonds. The molecule has 8 nitrogen and oxygen atoms in total. The van der Waals surface area contributed by atoms with E-state index in [4.69, 9.17) is 0 Å². The first-order valence-corrected chi connectivity index (χ1v) is 8.31. The van der Waals surface area contributed by atoms with Crippen molar-refractivity contribution >= 4 is 28.8 Å². The van der Waals surface area contributed by atoms with Gasteiger partial charge in [-0.05, 0) is 31.9 Å². The summed E-state index contributed by atoms with van der Waals surface area (Å²) in [5.41, 5.74) is -0.405. The topological polar surface area (TPSA) is 107 Å². The van der Waals surface area contributed by atoms with Crippen LogP contribution >= 0.6 is 0 Å². The fourth-order valence-electron chi connectivity index (χ4n) is 2.80. The average Bonchev–Trinajstić information content (AvgIpc) is 2.82. The molecule has 0 aliphatic carbocycles. The molecule has 2 heterocycles. The Kier molecular flexibility index (Phi) is 4.43. The van der Waals surface area contributed by atoms with E-state index in [0.717, 1.165) is 0 Å². The molecule has 8 heteroatoms. The molecule has 1 aromatic heterocycles. The second kappa shape index (κ2) is 6.54. The van der Waals surface area contributed by atoms with Gasteiger partial charge in [0.05, 0.1) is 10.9 Å². The molecule has 0 bridgehead atoms. The summed E-state index contributed by atoms with van der Waals surface area (Å²) in [5.74, 6) is 0.177. The van der Waals surface area contributed by atoms with Crippen LogP contribution in [-0.4, -0.2) is 45.4 Å². The number of hydrogen-bond donors (Lipinski definition) is 3. The Morgan fingerprint density at radius 3 is 2.72 bits per heavy atom. The molecule has 0 radical (unpaired) electrons. The van der Waals surface area contributed by atoms with Gasteiger partial charge in [-0.1, -0.05) is 19.1 Å². The van der Waals surface area contributed by atoms with E-state index in [1.807, 2.05) is 13.0 Å². The number of rotatable bonds is 6. The van der Waals surface area contributed by atoms with Crippen molar-refractivity contribution in [3.63, 3.8) is 0 Å². The maximum atomic E-state index is 12.3. The van der Waals surface area contributed by atoms with Gasteiger partial charge in [-0.25, -0.2) is 9.78 Å². The highest BCUT2D eigenvalue weighted by Gasteiger charge is 2.45. The van der Waals surface area contributed by atoms with Gasteiger partial charge in [-0.3, -0.25) is 19.5 Å². The lowest BCUT2D eigenvalue weighted by Gasteiger charge is -2.19. The maximum Gasteiger partial charge on any atom is 0.325 e. The van der Waals surface area contributed by atoms with Crippen LogP contribution < -0.4 is 16.2 Å². The number of nitrogens with one attached hydrogen (secondary N) is 3. The van der Waals surface area contributed by atoms with Gasteiger partial charge < -0.3 is 10.6 Å². The van der Waals surface area contributed by atoms with E-state index in [9.17, 15) is 14.4 Å². The van der Waals surface area contributed by atoms with Crippen molar-refractivity contribution < 1.29 is 9.59 Å². The van der Waals surface area contributed by atoms with Gasteiger partial charge in [-0.15, -0.1) is 0 Å². The van der Waals surface area contributed by atoms with Crippen molar-refractivity contribution in [2.75, 3.05) is 18.4 Å². The van der Waals surface area contributed by atoms with Gasteiger partial charge in [-0.2, -0.15) is 0 Å². The van der Waals surface area contributed by atoms with Crippen LogP contribution in [0.3, 0.4) is 0 Å². The highest BCUT2D eigenvalue weighted by Crippen LogP contribution is 2.20. The minimum Gasteiger partial charge on any atom is -0.356 e. The number of H-pyrrole nitrogens is 1. The summed E-state index contributed by atoms with van der Waals surface area (Å²) in [6.45, 7) is 4.38. The second-order valence-electron chi connectivity index (χ2n) is 6.28. The third-order valence-corrected chi connectivity index (χ3v) is 4.52. The van der Waals surface area contributed by atoms with Crippen molar-refractivity contribution in [2.45, 2.75) is 32.2 Å². The fraction of sp³-hybridized carbons (Fsp3) is 0.412. The SMILES string of the molecule is CC[C@@]1(C)NC(=O)N(CCCNc2nc3ccccc3c(=O)[nH]2)C1=O. The number of carbonyl (C=O) groups is 2. The van der Waals surface area contributed by atoms with Gasteiger partial charge in [0.15, 0.2) is 0 Å². The zero-order chi connectivity index (χ0) is 18.0. The van der Waals surface area contributed by atoms with Crippen molar-refractivity contribution in [1.29, 1.82) is 0 Å². The van der Waals surface area contributed by atoms with Crippen molar-refractivity contribution in [3.05, 3.63) is 34.6 Å². The Morgan fingerprint density at radius 2 is 2.00 bits per heavy atom. The zero-order valence-electron chi connectivity index (χ0n) is 14.3. The molecule has 2 aromatic rings. The lowest BCUT2D eigenvalue weighted by molar-refractivity contribution is -0.130. The van der Waals surface area contributed by atoms with E-state index in [2.05, 4.69) is 20.6 Å². The number of fused-ring (bicyclic) bond motifs is 1. The molecular formula is C17H21N5O3. The van der Waals surface area contributed by atoms with Gasteiger partial charge in [0.2, 0.25) is 5.95 Å². The Morgan fingerprint density at radius 1 is 1.24 bits per heavy atom. The molecule has 25 heavy (non-hydrogen) atoms.